The summed E-state index contributed by atoms with van der Waals surface area (Å²) in [6.45, 7) is 2.40. The molecule has 4 fully saturated rings. The van der Waals surface area contributed by atoms with Gasteiger partial charge in [0.2, 0.25) is 0 Å². The summed E-state index contributed by atoms with van der Waals surface area (Å²) in [4.78, 5) is 16.2. The van der Waals surface area contributed by atoms with Crippen LogP contribution in [0, 0.1) is 5.92 Å². The van der Waals surface area contributed by atoms with Gasteiger partial charge in [-0.1, -0.05) is 29.3 Å². The lowest BCUT2D eigenvalue weighted by molar-refractivity contribution is -0.00138. The zero-order valence-electron chi connectivity index (χ0n) is 13.1. The van der Waals surface area contributed by atoms with Crippen molar-refractivity contribution in [3.8, 4) is 0 Å². The molecule has 1 saturated carbocycles. The van der Waals surface area contributed by atoms with Gasteiger partial charge in [0.15, 0.2) is 0 Å². The van der Waals surface area contributed by atoms with Gasteiger partial charge in [0.1, 0.15) is 0 Å². The topological polar surface area (TPSA) is 32.3 Å². The first-order valence-corrected chi connectivity index (χ1v) is 10.1. The fourth-order valence-electron chi connectivity index (χ4n) is 4.69. The molecule has 1 amide bonds. The van der Waals surface area contributed by atoms with Crippen LogP contribution in [0.2, 0.25) is 10.0 Å². The van der Waals surface area contributed by atoms with Crippen LogP contribution in [-0.4, -0.2) is 35.5 Å². The van der Waals surface area contributed by atoms with Gasteiger partial charge in [0.25, 0.3) is 5.91 Å². The Balaban J connectivity index is 1.44. The fourth-order valence-corrected chi connectivity index (χ4v) is 6.19. The standard InChI is InChI=1S/C18H18Cl2N2OS/c19-12-2-1-11-9-13(24-15(11)14(12)20)17(23)21-16-10-3-7-22(8-4-10)18(16)5-6-18/h1-2,9-10,16H,3-8H2,(H,21,23)/t16-/m0/s1. The quantitative estimate of drug-likeness (QED) is 0.827. The number of amides is 1. The Labute approximate surface area is 154 Å². The van der Waals surface area contributed by atoms with Gasteiger partial charge in [0, 0.05) is 5.54 Å². The minimum absolute atomic E-state index is 0.0356. The molecule has 1 N–H and O–H groups in total. The number of hydrogen-bond donors (Lipinski definition) is 1. The normalized spacial score (nSPS) is 30.0. The molecule has 1 spiro atoms. The summed E-state index contributed by atoms with van der Waals surface area (Å²) in [7, 11) is 0. The minimum atomic E-state index is 0.0356. The Kier molecular flexibility index (Phi) is 3.44. The minimum Gasteiger partial charge on any atom is -0.346 e. The van der Waals surface area contributed by atoms with Crippen molar-refractivity contribution in [1.29, 1.82) is 0 Å². The molecule has 4 aliphatic rings. The Morgan fingerprint density at radius 2 is 2.00 bits per heavy atom. The summed E-state index contributed by atoms with van der Waals surface area (Å²) < 4.78 is 0.893. The highest BCUT2D eigenvalue weighted by atomic mass is 35.5. The molecule has 126 valence electrons. The van der Waals surface area contributed by atoms with Crippen LogP contribution in [0.25, 0.3) is 10.1 Å². The summed E-state index contributed by atoms with van der Waals surface area (Å²) in [6.07, 6.45) is 4.87. The zero-order valence-corrected chi connectivity index (χ0v) is 15.5. The van der Waals surface area contributed by atoms with E-state index < -0.39 is 0 Å². The van der Waals surface area contributed by atoms with E-state index in [1.807, 2.05) is 12.1 Å². The summed E-state index contributed by atoms with van der Waals surface area (Å²) in [5.41, 5.74) is 0.258. The monoisotopic (exact) mass is 380 g/mol. The number of fused-ring (bicyclic) bond motifs is 3. The van der Waals surface area contributed by atoms with E-state index in [9.17, 15) is 4.79 Å². The second-order valence-electron chi connectivity index (χ2n) is 7.27. The van der Waals surface area contributed by atoms with Crippen LogP contribution in [0.5, 0.6) is 0 Å². The van der Waals surface area contributed by atoms with Crippen LogP contribution in [0.15, 0.2) is 18.2 Å². The SMILES string of the molecule is O=C(N[C@H]1C2CCN(CC2)C12CC2)c1cc2ccc(Cl)c(Cl)c2s1. The average Bonchev–Trinajstić information content (AvgIpc) is 3.24. The first-order chi connectivity index (χ1) is 11.6. The van der Waals surface area contributed by atoms with Crippen molar-refractivity contribution in [2.45, 2.75) is 37.3 Å². The van der Waals surface area contributed by atoms with Crippen LogP contribution in [0.1, 0.15) is 35.4 Å². The van der Waals surface area contributed by atoms with Crippen molar-refractivity contribution in [3.05, 3.63) is 33.1 Å². The van der Waals surface area contributed by atoms with Gasteiger partial charge >= 0.3 is 0 Å². The van der Waals surface area contributed by atoms with E-state index in [-0.39, 0.29) is 11.4 Å². The van der Waals surface area contributed by atoms with Crippen LogP contribution in [0.3, 0.4) is 0 Å². The molecule has 0 radical (unpaired) electrons. The number of hydrogen-bond acceptors (Lipinski definition) is 3. The average molecular weight is 381 g/mol. The Hall–Kier alpha value is -0.810. The van der Waals surface area contributed by atoms with Gasteiger partial charge in [-0.3, -0.25) is 9.69 Å². The second-order valence-corrected chi connectivity index (χ2v) is 9.11. The molecule has 1 aromatic carbocycles. The lowest BCUT2D eigenvalue weighted by Gasteiger charge is -2.52. The smallest absolute Gasteiger partial charge is 0.261 e. The predicted octanol–water partition coefficient (Wildman–Crippen LogP) is 4.56. The third-order valence-corrected chi connectivity index (χ3v) is 8.15. The van der Waals surface area contributed by atoms with Gasteiger partial charge < -0.3 is 5.32 Å². The summed E-state index contributed by atoms with van der Waals surface area (Å²) >= 11 is 13.8. The molecule has 3 saturated heterocycles. The molecule has 3 nitrogen and oxygen atoms in total. The summed E-state index contributed by atoms with van der Waals surface area (Å²) in [5, 5.41) is 5.43. The largest absolute Gasteiger partial charge is 0.346 e. The number of nitrogens with one attached hydrogen (secondary N) is 1. The molecule has 2 aromatic rings. The number of nitrogens with zero attached hydrogens (tertiary/aromatic N) is 1. The van der Waals surface area contributed by atoms with Gasteiger partial charge in [0.05, 0.1) is 25.7 Å². The maximum Gasteiger partial charge on any atom is 0.261 e. The molecule has 1 aromatic heterocycles. The van der Waals surface area contributed by atoms with Gasteiger partial charge in [-0.25, -0.2) is 0 Å². The maximum absolute atomic E-state index is 12.9. The molecule has 4 heterocycles. The van der Waals surface area contributed by atoms with Crippen LogP contribution >= 0.6 is 34.5 Å². The van der Waals surface area contributed by atoms with Crippen molar-refractivity contribution in [3.63, 3.8) is 0 Å². The Morgan fingerprint density at radius 3 is 2.71 bits per heavy atom. The Bertz CT molecular complexity index is 837. The van der Waals surface area contributed by atoms with Crippen molar-refractivity contribution in [2.75, 3.05) is 13.1 Å². The fraction of sp³-hybridized carbons (Fsp3) is 0.500. The second kappa shape index (κ2) is 5.34. The highest BCUT2D eigenvalue weighted by Gasteiger charge is 2.60. The molecule has 3 aliphatic heterocycles. The number of benzene rings is 1. The number of rotatable bonds is 2. The van der Waals surface area contributed by atoms with Crippen molar-refractivity contribution >= 4 is 50.5 Å². The predicted molar refractivity (Wildman–Crippen MR) is 99.4 cm³/mol. The first-order valence-electron chi connectivity index (χ1n) is 8.52. The van der Waals surface area contributed by atoms with Crippen molar-refractivity contribution < 1.29 is 4.79 Å². The van der Waals surface area contributed by atoms with Crippen LogP contribution in [0.4, 0.5) is 0 Å². The first kappa shape index (κ1) is 15.4. The molecule has 24 heavy (non-hydrogen) atoms. The van der Waals surface area contributed by atoms with Crippen LogP contribution < -0.4 is 5.32 Å². The van der Waals surface area contributed by atoms with E-state index in [2.05, 4.69) is 10.2 Å². The highest BCUT2D eigenvalue weighted by molar-refractivity contribution is 7.21. The summed E-state index contributed by atoms with van der Waals surface area (Å²) in [5.74, 6) is 0.669. The molecular weight excluding hydrogens is 363 g/mol. The van der Waals surface area contributed by atoms with Gasteiger partial charge in [-0.15, -0.1) is 11.3 Å². The number of thiophene rings is 1. The number of carbonyl (C=O) groups excluding carboxylic acids is 1. The summed E-state index contributed by atoms with van der Waals surface area (Å²) in [6, 6.07) is 5.94. The lowest BCUT2D eigenvalue weighted by Crippen LogP contribution is -2.65. The molecule has 1 aliphatic carbocycles. The molecule has 6 rings (SSSR count). The highest BCUT2D eigenvalue weighted by Crippen LogP contribution is 2.53. The number of halogens is 2. The molecular formula is C18H18Cl2N2OS. The van der Waals surface area contributed by atoms with Gasteiger partial charge in [-0.05, 0) is 62.2 Å². The van der Waals surface area contributed by atoms with Gasteiger partial charge in [-0.2, -0.15) is 0 Å². The van der Waals surface area contributed by atoms with E-state index in [0.29, 0.717) is 22.0 Å². The van der Waals surface area contributed by atoms with E-state index in [4.69, 9.17) is 23.2 Å². The molecule has 1 atom stereocenters. The van der Waals surface area contributed by atoms with E-state index in [1.165, 1.54) is 50.1 Å². The van der Waals surface area contributed by atoms with Crippen molar-refractivity contribution in [1.82, 2.24) is 10.2 Å². The lowest BCUT2D eigenvalue weighted by atomic mass is 9.77. The third-order valence-electron chi connectivity index (χ3n) is 6.07. The zero-order chi connectivity index (χ0) is 16.5. The maximum atomic E-state index is 12.9. The number of piperidine rings is 3. The van der Waals surface area contributed by atoms with E-state index in [0.717, 1.165) is 15.0 Å². The third kappa shape index (κ3) is 2.16. The molecule has 0 unspecified atom stereocenters. The molecule has 6 heteroatoms. The van der Waals surface area contributed by atoms with E-state index >= 15 is 0 Å². The molecule has 2 bridgehead atoms. The van der Waals surface area contributed by atoms with E-state index in [1.54, 1.807) is 6.07 Å². The van der Waals surface area contributed by atoms with Crippen molar-refractivity contribution in [2.24, 2.45) is 5.92 Å². The van der Waals surface area contributed by atoms with Crippen LogP contribution in [-0.2, 0) is 0 Å². The Morgan fingerprint density at radius 1 is 1.25 bits per heavy atom. The number of carbonyl (C=O) groups is 1.